The molecule has 1 fully saturated rings. The van der Waals surface area contributed by atoms with Crippen LogP contribution in [-0.4, -0.2) is 18.0 Å². The van der Waals surface area contributed by atoms with Crippen molar-refractivity contribution in [1.82, 2.24) is 4.90 Å². The van der Waals surface area contributed by atoms with Crippen LogP contribution >= 0.6 is 0 Å². The van der Waals surface area contributed by atoms with Crippen molar-refractivity contribution in [3.8, 4) is 0 Å². The second-order valence-electron chi connectivity index (χ2n) is 7.14. The first-order chi connectivity index (χ1) is 9.49. The van der Waals surface area contributed by atoms with Gasteiger partial charge in [-0.2, -0.15) is 0 Å². The van der Waals surface area contributed by atoms with E-state index in [9.17, 15) is 0 Å². The summed E-state index contributed by atoms with van der Waals surface area (Å²) in [7, 11) is 0. The highest BCUT2D eigenvalue weighted by Gasteiger charge is 2.22. The van der Waals surface area contributed by atoms with Crippen molar-refractivity contribution in [2.24, 2.45) is 11.8 Å². The summed E-state index contributed by atoms with van der Waals surface area (Å²) in [6.45, 7) is 15.3. The molecule has 1 aliphatic heterocycles. The number of piperidine rings is 1. The molecule has 1 heteroatoms. The number of rotatable bonds is 4. The van der Waals surface area contributed by atoms with Crippen LogP contribution in [0.4, 0.5) is 0 Å². The second-order valence-corrected chi connectivity index (χ2v) is 7.14. The first-order valence-corrected chi connectivity index (χ1v) is 8.29. The van der Waals surface area contributed by atoms with Gasteiger partial charge in [-0.1, -0.05) is 45.9 Å². The molecule has 1 aliphatic rings. The van der Waals surface area contributed by atoms with E-state index in [1.165, 1.54) is 42.6 Å². The van der Waals surface area contributed by atoms with Crippen molar-refractivity contribution < 1.29 is 0 Å². The molecular formula is C19H31N. The van der Waals surface area contributed by atoms with Gasteiger partial charge >= 0.3 is 0 Å². The smallest absolute Gasteiger partial charge is 0.0236 e. The molecule has 0 aliphatic carbocycles. The highest BCUT2D eigenvalue weighted by atomic mass is 15.1. The fourth-order valence-electron chi connectivity index (χ4n) is 3.52. The molecule has 0 bridgehead atoms. The average molecular weight is 273 g/mol. The standard InChI is InChI=1S/C19H31N/c1-14(2)17-9-11-20(12-10-17)13-18-7-6-8-19(15(3)4)16(18)5/h6-8,14-15,17H,9-13H2,1-5H3. The molecule has 0 N–H and O–H groups in total. The molecule has 0 atom stereocenters. The molecule has 0 saturated carbocycles. The van der Waals surface area contributed by atoms with Crippen molar-refractivity contribution in [1.29, 1.82) is 0 Å². The Kier molecular flexibility index (Phi) is 5.26. The van der Waals surface area contributed by atoms with Crippen LogP contribution in [0, 0.1) is 18.8 Å². The highest BCUT2D eigenvalue weighted by Crippen LogP contribution is 2.27. The summed E-state index contributed by atoms with van der Waals surface area (Å²) in [5.74, 6) is 2.42. The van der Waals surface area contributed by atoms with E-state index in [-0.39, 0.29) is 0 Å². The summed E-state index contributed by atoms with van der Waals surface area (Å²) in [6.07, 6.45) is 2.75. The molecule has 1 nitrogen and oxygen atoms in total. The molecule has 0 unspecified atom stereocenters. The van der Waals surface area contributed by atoms with Crippen molar-refractivity contribution in [2.75, 3.05) is 13.1 Å². The molecule has 112 valence electrons. The van der Waals surface area contributed by atoms with Gasteiger partial charge in [-0.3, -0.25) is 4.90 Å². The molecule has 1 aromatic carbocycles. The van der Waals surface area contributed by atoms with Crippen LogP contribution in [0.5, 0.6) is 0 Å². The molecular weight excluding hydrogens is 242 g/mol. The van der Waals surface area contributed by atoms with Gasteiger partial charge in [-0.25, -0.2) is 0 Å². The lowest BCUT2D eigenvalue weighted by Crippen LogP contribution is -2.35. The maximum Gasteiger partial charge on any atom is 0.0236 e. The normalized spacial score (nSPS) is 18.1. The summed E-state index contributed by atoms with van der Waals surface area (Å²) >= 11 is 0. The van der Waals surface area contributed by atoms with Crippen molar-refractivity contribution in [3.05, 3.63) is 34.9 Å². The SMILES string of the molecule is Cc1c(CN2CCC(C(C)C)CC2)cccc1C(C)C. The third-order valence-electron chi connectivity index (χ3n) is 5.08. The largest absolute Gasteiger partial charge is 0.299 e. The van der Waals surface area contributed by atoms with Crippen molar-refractivity contribution in [3.63, 3.8) is 0 Å². The number of benzene rings is 1. The monoisotopic (exact) mass is 273 g/mol. The lowest BCUT2D eigenvalue weighted by molar-refractivity contribution is 0.151. The van der Waals surface area contributed by atoms with Gasteiger partial charge < -0.3 is 0 Å². The van der Waals surface area contributed by atoms with Gasteiger partial charge in [0.25, 0.3) is 0 Å². The Morgan fingerprint density at radius 2 is 1.75 bits per heavy atom. The Morgan fingerprint density at radius 3 is 2.30 bits per heavy atom. The molecule has 2 rings (SSSR count). The minimum Gasteiger partial charge on any atom is -0.299 e. The van der Waals surface area contributed by atoms with Gasteiger partial charge in [0.05, 0.1) is 0 Å². The third kappa shape index (κ3) is 3.63. The lowest BCUT2D eigenvalue weighted by atomic mass is 9.86. The molecule has 0 amide bonds. The second kappa shape index (κ2) is 6.76. The average Bonchev–Trinajstić information content (AvgIpc) is 2.41. The Hall–Kier alpha value is -0.820. The molecule has 0 aromatic heterocycles. The van der Waals surface area contributed by atoms with Crippen LogP contribution in [0.25, 0.3) is 0 Å². The van der Waals surface area contributed by atoms with Gasteiger partial charge in [0.2, 0.25) is 0 Å². The Bertz CT molecular complexity index is 425. The summed E-state index contributed by atoms with van der Waals surface area (Å²) < 4.78 is 0. The fourth-order valence-corrected chi connectivity index (χ4v) is 3.52. The van der Waals surface area contributed by atoms with E-state index in [2.05, 4.69) is 57.7 Å². The zero-order chi connectivity index (χ0) is 14.7. The van der Waals surface area contributed by atoms with E-state index in [4.69, 9.17) is 0 Å². The minimum absolute atomic E-state index is 0.627. The van der Waals surface area contributed by atoms with Gasteiger partial charge in [0, 0.05) is 6.54 Å². The molecule has 1 saturated heterocycles. The maximum atomic E-state index is 2.64. The van der Waals surface area contributed by atoms with E-state index in [1.807, 2.05) is 0 Å². The number of likely N-dealkylation sites (tertiary alicyclic amines) is 1. The first kappa shape index (κ1) is 15.6. The summed E-state index contributed by atoms with van der Waals surface area (Å²) in [4.78, 5) is 2.64. The Labute approximate surface area is 125 Å². The predicted octanol–water partition coefficient (Wildman–Crippen LogP) is 4.99. The zero-order valence-electron chi connectivity index (χ0n) is 13.9. The van der Waals surface area contributed by atoms with Crippen LogP contribution in [0.1, 0.15) is 63.1 Å². The Balaban J connectivity index is 2.00. The van der Waals surface area contributed by atoms with E-state index in [1.54, 1.807) is 0 Å². The number of hydrogen-bond donors (Lipinski definition) is 0. The van der Waals surface area contributed by atoms with E-state index < -0.39 is 0 Å². The van der Waals surface area contributed by atoms with Crippen molar-refractivity contribution >= 4 is 0 Å². The summed E-state index contributed by atoms with van der Waals surface area (Å²) in [6, 6.07) is 6.84. The first-order valence-electron chi connectivity index (χ1n) is 8.29. The van der Waals surface area contributed by atoms with E-state index >= 15 is 0 Å². The maximum absolute atomic E-state index is 2.64. The topological polar surface area (TPSA) is 3.24 Å². The number of nitrogens with zero attached hydrogens (tertiary/aromatic N) is 1. The van der Waals surface area contributed by atoms with Gasteiger partial charge in [0.1, 0.15) is 0 Å². The highest BCUT2D eigenvalue weighted by molar-refractivity contribution is 5.36. The van der Waals surface area contributed by atoms with Crippen LogP contribution < -0.4 is 0 Å². The minimum atomic E-state index is 0.627. The van der Waals surface area contributed by atoms with E-state index in [0.717, 1.165) is 18.4 Å². The zero-order valence-corrected chi connectivity index (χ0v) is 13.9. The molecule has 1 heterocycles. The summed E-state index contributed by atoms with van der Waals surface area (Å²) in [5, 5.41) is 0. The van der Waals surface area contributed by atoms with Crippen LogP contribution in [0.15, 0.2) is 18.2 Å². The van der Waals surface area contributed by atoms with Crippen LogP contribution in [0.3, 0.4) is 0 Å². The van der Waals surface area contributed by atoms with Crippen LogP contribution in [0.2, 0.25) is 0 Å². The third-order valence-corrected chi connectivity index (χ3v) is 5.08. The summed E-state index contributed by atoms with van der Waals surface area (Å²) in [5.41, 5.74) is 4.55. The van der Waals surface area contributed by atoms with E-state index in [0.29, 0.717) is 5.92 Å². The van der Waals surface area contributed by atoms with Crippen LogP contribution in [-0.2, 0) is 6.54 Å². The fraction of sp³-hybridized carbons (Fsp3) is 0.684. The Morgan fingerprint density at radius 1 is 1.10 bits per heavy atom. The molecule has 0 spiro atoms. The molecule has 1 aromatic rings. The quantitative estimate of drug-likeness (QED) is 0.747. The molecule has 0 radical (unpaired) electrons. The lowest BCUT2D eigenvalue weighted by Gasteiger charge is -2.34. The van der Waals surface area contributed by atoms with Gasteiger partial charge in [-0.15, -0.1) is 0 Å². The molecule has 20 heavy (non-hydrogen) atoms. The predicted molar refractivity (Wildman–Crippen MR) is 88.1 cm³/mol. The van der Waals surface area contributed by atoms with Gasteiger partial charge in [-0.05, 0) is 67.3 Å². The van der Waals surface area contributed by atoms with Crippen molar-refractivity contribution in [2.45, 2.75) is 59.9 Å². The van der Waals surface area contributed by atoms with Gasteiger partial charge in [0.15, 0.2) is 0 Å². The number of hydrogen-bond acceptors (Lipinski definition) is 1.